The van der Waals surface area contributed by atoms with E-state index in [0.717, 1.165) is 25.3 Å². The van der Waals surface area contributed by atoms with E-state index < -0.39 is 0 Å². The molecule has 100 valence electrons. The molecule has 0 bridgehead atoms. The molecule has 1 saturated heterocycles. The van der Waals surface area contributed by atoms with Crippen LogP contribution in [0.3, 0.4) is 0 Å². The number of likely N-dealkylation sites (tertiary alicyclic amines) is 1. The highest BCUT2D eigenvalue weighted by Gasteiger charge is 2.28. The van der Waals surface area contributed by atoms with Gasteiger partial charge in [0.05, 0.1) is 7.11 Å². The Balaban J connectivity index is 2.10. The van der Waals surface area contributed by atoms with Crippen LogP contribution in [0.4, 0.5) is 0 Å². The van der Waals surface area contributed by atoms with Crippen molar-refractivity contribution in [2.45, 2.75) is 38.3 Å². The fourth-order valence-electron chi connectivity index (χ4n) is 2.76. The Kier molecular flexibility index (Phi) is 4.25. The van der Waals surface area contributed by atoms with E-state index in [-0.39, 0.29) is 6.04 Å². The number of rotatable bonds is 3. The molecular weight excluding hydrogens is 224 g/mol. The largest absolute Gasteiger partial charge is 0.497 e. The van der Waals surface area contributed by atoms with Gasteiger partial charge in [-0.05, 0) is 44.5 Å². The molecule has 1 aromatic carbocycles. The first kappa shape index (κ1) is 13.4. The first-order chi connectivity index (χ1) is 8.61. The summed E-state index contributed by atoms with van der Waals surface area (Å²) in [6.07, 6.45) is 1.13. The number of ether oxygens (including phenoxy) is 1. The van der Waals surface area contributed by atoms with Crippen molar-refractivity contribution >= 4 is 0 Å². The fourth-order valence-corrected chi connectivity index (χ4v) is 2.76. The van der Waals surface area contributed by atoms with Gasteiger partial charge in [-0.1, -0.05) is 12.1 Å². The van der Waals surface area contributed by atoms with Gasteiger partial charge in [0.2, 0.25) is 0 Å². The second kappa shape index (κ2) is 5.72. The fraction of sp³-hybridized carbons (Fsp3) is 0.600. The molecule has 1 aliphatic heterocycles. The highest BCUT2D eigenvalue weighted by Crippen LogP contribution is 2.30. The SMILES string of the molecule is COc1cccc(C2CCN(C(C)C)CC2N)c1. The molecule has 2 unspecified atom stereocenters. The van der Waals surface area contributed by atoms with E-state index in [0.29, 0.717) is 12.0 Å². The van der Waals surface area contributed by atoms with Crippen LogP contribution in [0.25, 0.3) is 0 Å². The van der Waals surface area contributed by atoms with Crippen molar-refractivity contribution in [3.8, 4) is 5.75 Å². The maximum absolute atomic E-state index is 6.35. The number of piperidine rings is 1. The molecule has 18 heavy (non-hydrogen) atoms. The van der Waals surface area contributed by atoms with Crippen LogP contribution in [0, 0.1) is 0 Å². The second-order valence-corrected chi connectivity index (χ2v) is 5.42. The van der Waals surface area contributed by atoms with Crippen LogP contribution in [0.1, 0.15) is 31.7 Å². The maximum atomic E-state index is 6.35. The molecule has 2 rings (SSSR count). The zero-order chi connectivity index (χ0) is 13.1. The van der Waals surface area contributed by atoms with Gasteiger partial charge in [-0.3, -0.25) is 4.90 Å². The summed E-state index contributed by atoms with van der Waals surface area (Å²) in [6, 6.07) is 9.12. The Morgan fingerprint density at radius 1 is 1.39 bits per heavy atom. The summed E-state index contributed by atoms with van der Waals surface area (Å²) < 4.78 is 5.29. The van der Waals surface area contributed by atoms with Gasteiger partial charge in [0, 0.05) is 24.5 Å². The van der Waals surface area contributed by atoms with Crippen LogP contribution >= 0.6 is 0 Å². The summed E-state index contributed by atoms with van der Waals surface area (Å²) in [4.78, 5) is 2.46. The van der Waals surface area contributed by atoms with E-state index in [1.54, 1.807) is 7.11 Å². The number of benzene rings is 1. The van der Waals surface area contributed by atoms with Crippen molar-refractivity contribution in [1.29, 1.82) is 0 Å². The van der Waals surface area contributed by atoms with Gasteiger partial charge < -0.3 is 10.5 Å². The lowest BCUT2D eigenvalue weighted by Crippen LogP contribution is -2.49. The number of nitrogens with zero attached hydrogens (tertiary/aromatic N) is 1. The summed E-state index contributed by atoms with van der Waals surface area (Å²) in [7, 11) is 1.71. The van der Waals surface area contributed by atoms with Gasteiger partial charge in [0.15, 0.2) is 0 Å². The minimum atomic E-state index is 0.216. The molecule has 2 N–H and O–H groups in total. The predicted molar refractivity (Wildman–Crippen MR) is 75.0 cm³/mol. The lowest BCUT2D eigenvalue weighted by atomic mass is 9.85. The minimum Gasteiger partial charge on any atom is -0.497 e. The molecule has 0 aliphatic carbocycles. The van der Waals surface area contributed by atoms with E-state index in [9.17, 15) is 0 Å². The van der Waals surface area contributed by atoms with Gasteiger partial charge in [-0.25, -0.2) is 0 Å². The zero-order valence-corrected chi connectivity index (χ0v) is 11.6. The molecule has 0 amide bonds. The van der Waals surface area contributed by atoms with Crippen LogP contribution in [-0.2, 0) is 0 Å². The lowest BCUT2D eigenvalue weighted by molar-refractivity contribution is 0.154. The first-order valence-corrected chi connectivity index (χ1v) is 6.75. The van der Waals surface area contributed by atoms with Gasteiger partial charge >= 0.3 is 0 Å². The van der Waals surface area contributed by atoms with Crippen LogP contribution in [0.5, 0.6) is 5.75 Å². The number of methoxy groups -OCH3 is 1. The van der Waals surface area contributed by atoms with E-state index >= 15 is 0 Å². The molecule has 0 spiro atoms. The molecule has 0 aromatic heterocycles. The normalized spacial score (nSPS) is 25.4. The summed E-state index contributed by atoms with van der Waals surface area (Å²) in [6.45, 7) is 6.59. The molecule has 3 nitrogen and oxygen atoms in total. The monoisotopic (exact) mass is 248 g/mol. The van der Waals surface area contributed by atoms with Crippen molar-refractivity contribution in [3.63, 3.8) is 0 Å². The second-order valence-electron chi connectivity index (χ2n) is 5.42. The average Bonchev–Trinajstić information content (AvgIpc) is 2.38. The molecule has 1 heterocycles. The number of hydrogen-bond acceptors (Lipinski definition) is 3. The quantitative estimate of drug-likeness (QED) is 0.891. The Morgan fingerprint density at radius 3 is 2.78 bits per heavy atom. The molecule has 0 radical (unpaired) electrons. The van der Waals surface area contributed by atoms with Crippen LogP contribution in [0.2, 0.25) is 0 Å². The van der Waals surface area contributed by atoms with Crippen molar-refractivity contribution in [1.82, 2.24) is 4.90 Å². The Bertz CT molecular complexity index is 392. The van der Waals surface area contributed by atoms with E-state index in [1.807, 2.05) is 6.07 Å². The molecule has 2 atom stereocenters. The molecule has 0 saturated carbocycles. The zero-order valence-electron chi connectivity index (χ0n) is 11.6. The Morgan fingerprint density at radius 2 is 2.17 bits per heavy atom. The third-order valence-electron chi connectivity index (χ3n) is 3.94. The third-order valence-corrected chi connectivity index (χ3v) is 3.94. The topological polar surface area (TPSA) is 38.5 Å². The minimum absolute atomic E-state index is 0.216. The van der Waals surface area contributed by atoms with Crippen molar-refractivity contribution in [3.05, 3.63) is 29.8 Å². The molecular formula is C15H24N2O. The van der Waals surface area contributed by atoms with Gasteiger partial charge in [-0.15, -0.1) is 0 Å². The molecule has 1 aliphatic rings. The van der Waals surface area contributed by atoms with Gasteiger partial charge in [0.25, 0.3) is 0 Å². The van der Waals surface area contributed by atoms with Crippen LogP contribution in [0.15, 0.2) is 24.3 Å². The van der Waals surface area contributed by atoms with Crippen LogP contribution in [-0.4, -0.2) is 37.2 Å². The Hall–Kier alpha value is -1.06. The molecule has 1 fully saturated rings. The third kappa shape index (κ3) is 2.85. The highest BCUT2D eigenvalue weighted by atomic mass is 16.5. The Labute approximate surface area is 110 Å². The summed E-state index contributed by atoms with van der Waals surface area (Å²) in [5.41, 5.74) is 7.66. The van der Waals surface area contributed by atoms with Crippen molar-refractivity contribution in [2.24, 2.45) is 5.73 Å². The van der Waals surface area contributed by atoms with E-state index in [4.69, 9.17) is 10.5 Å². The summed E-state index contributed by atoms with van der Waals surface area (Å²) >= 11 is 0. The van der Waals surface area contributed by atoms with E-state index in [1.165, 1.54) is 5.56 Å². The average molecular weight is 248 g/mol. The highest BCUT2D eigenvalue weighted by molar-refractivity contribution is 5.32. The number of hydrogen-bond donors (Lipinski definition) is 1. The maximum Gasteiger partial charge on any atom is 0.119 e. The smallest absolute Gasteiger partial charge is 0.119 e. The predicted octanol–water partition coefficient (Wildman–Crippen LogP) is 2.22. The van der Waals surface area contributed by atoms with Crippen molar-refractivity contribution in [2.75, 3.05) is 20.2 Å². The van der Waals surface area contributed by atoms with Gasteiger partial charge in [0.1, 0.15) is 5.75 Å². The summed E-state index contributed by atoms with van der Waals surface area (Å²) in [5, 5.41) is 0. The summed E-state index contributed by atoms with van der Waals surface area (Å²) in [5.74, 6) is 1.38. The van der Waals surface area contributed by atoms with E-state index in [2.05, 4.69) is 36.9 Å². The van der Waals surface area contributed by atoms with Gasteiger partial charge in [-0.2, -0.15) is 0 Å². The number of nitrogens with two attached hydrogens (primary N) is 1. The molecule has 1 aromatic rings. The molecule has 3 heteroatoms. The first-order valence-electron chi connectivity index (χ1n) is 6.75. The lowest BCUT2D eigenvalue weighted by Gasteiger charge is -2.39. The standard InChI is InChI=1S/C15H24N2O/c1-11(2)17-8-7-14(15(16)10-17)12-5-4-6-13(9-12)18-3/h4-6,9,11,14-15H,7-8,10,16H2,1-3H3. The van der Waals surface area contributed by atoms with Crippen molar-refractivity contribution < 1.29 is 4.74 Å². The van der Waals surface area contributed by atoms with Crippen LogP contribution < -0.4 is 10.5 Å².